The molecular formula is C15H20N2O3. The number of nitrogens with zero attached hydrogens (tertiary/aromatic N) is 1. The summed E-state index contributed by atoms with van der Waals surface area (Å²) < 4.78 is 5.03. The van der Waals surface area contributed by atoms with Crippen LogP contribution in [0, 0.1) is 0 Å². The number of nitrogens with two attached hydrogens (primary N) is 1. The number of benzene rings is 1. The van der Waals surface area contributed by atoms with Crippen LogP contribution in [0.15, 0.2) is 24.3 Å². The predicted octanol–water partition coefficient (Wildman–Crippen LogP) is 1.37. The normalized spacial score (nSPS) is 14.9. The molecule has 1 saturated heterocycles. The van der Waals surface area contributed by atoms with Crippen LogP contribution in [0.5, 0.6) is 0 Å². The van der Waals surface area contributed by atoms with Crippen molar-refractivity contribution in [2.45, 2.75) is 25.7 Å². The fraction of sp³-hybridized carbons (Fsp3) is 0.467. The van der Waals surface area contributed by atoms with Gasteiger partial charge in [-0.1, -0.05) is 12.1 Å². The van der Waals surface area contributed by atoms with Crippen LogP contribution in [0.2, 0.25) is 0 Å². The number of likely N-dealkylation sites (tertiary alicyclic amines) is 1. The molecule has 0 aliphatic carbocycles. The Morgan fingerprint density at radius 2 is 1.75 bits per heavy atom. The molecule has 20 heavy (non-hydrogen) atoms. The molecule has 1 fully saturated rings. The van der Waals surface area contributed by atoms with Gasteiger partial charge in [0.1, 0.15) is 0 Å². The van der Waals surface area contributed by atoms with Gasteiger partial charge in [0.15, 0.2) is 6.61 Å². The highest BCUT2D eigenvalue weighted by atomic mass is 16.5. The van der Waals surface area contributed by atoms with Gasteiger partial charge in [0, 0.05) is 18.8 Å². The highest BCUT2D eigenvalue weighted by molar-refractivity contribution is 5.81. The molecular weight excluding hydrogens is 256 g/mol. The molecule has 0 spiro atoms. The van der Waals surface area contributed by atoms with Gasteiger partial charge in [-0.3, -0.25) is 9.59 Å². The van der Waals surface area contributed by atoms with Crippen LogP contribution in [0.1, 0.15) is 24.8 Å². The maximum absolute atomic E-state index is 11.8. The summed E-state index contributed by atoms with van der Waals surface area (Å²) in [4.78, 5) is 25.3. The van der Waals surface area contributed by atoms with Gasteiger partial charge in [-0.2, -0.15) is 0 Å². The molecule has 0 saturated carbocycles. The molecule has 1 aromatic rings. The summed E-state index contributed by atoms with van der Waals surface area (Å²) in [5.74, 6) is -0.490. The average molecular weight is 276 g/mol. The van der Waals surface area contributed by atoms with Crippen LogP contribution >= 0.6 is 0 Å². The largest absolute Gasteiger partial charge is 0.455 e. The molecule has 0 bridgehead atoms. The van der Waals surface area contributed by atoms with Crippen LogP contribution in [-0.2, 0) is 20.7 Å². The molecule has 2 rings (SSSR count). The van der Waals surface area contributed by atoms with Crippen LogP contribution in [-0.4, -0.2) is 36.5 Å². The maximum Gasteiger partial charge on any atom is 0.310 e. The van der Waals surface area contributed by atoms with E-state index in [1.54, 1.807) is 29.2 Å². The highest BCUT2D eigenvalue weighted by Gasteiger charge is 2.17. The van der Waals surface area contributed by atoms with Crippen molar-refractivity contribution in [3.63, 3.8) is 0 Å². The van der Waals surface area contributed by atoms with Gasteiger partial charge in [-0.25, -0.2) is 0 Å². The first-order valence-corrected chi connectivity index (χ1v) is 6.93. The molecule has 108 valence electrons. The van der Waals surface area contributed by atoms with Crippen LogP contribution in [0.4, 0.5) is 5.69 Å². The van der Waals surface area contributed by atoms with Gasteiger partial charge in [0.05, 0.1) is 6.42 Å². The standard InChI is InChI=1S/C15H20N2O3/c16-13-6-4-12(5-7-13)10-15(19)20-11-14(18)17-8-2-1-3-9-17/h4-7H,1-3,8-11,16H2. The quantitative estimate of drug-likeness (QED) is 0.666. The van der Waals surface area contributed by atoms with E-state index in [1.807, 2.05) is 0 Å². The number of rotatable bonds is 4. The van der Waals surface area contributed by atoms with Crippen molar-refractivity contribution in [1.82, 2.24) is 4.90 Å². The summed E-state index contributed by atoms with van der Waals surface area (Å²) in [5, 5.41) is 0. The molecule has 1 aromatic carbocycles. The molecule has 2 N–H and O–H groups in total. The summed E-state index contributed by atoms with van der Waals surface area (Å²) in [5.41, 5.74) is 7.06. The van der Waals surface area contributed by atoms with Crippen molar-refractivity contribution in [2.24, 2.45) is 0 Å². The molecule has 0 aromatic heterocycles. The van der Waals surface area contributed by atoms with Crippen molar-refractivity contribution in [3.8, 4) is 0 Å². The SMILES string of the molecule is Nc1ccc(CC(=O)OCC(=O)N2CCCCC2)cc1. The summed E-state index contributed by atoms with van der Waals surface area (Å²) >= 11 is 0. The van der Waals surface area contributed by atoms with Crippen LogP contribution < -0.4 is 5.73 Å². The van der Waals surface area contributed by atoms with E-state index in [4.69, 9.17) is 10.5 Å². The van der Waals surface area contributed by atoms with Crippen LogP contribution in [0.25, 0.3) is 0 Å². The Hall–Kier alpha value is -2.04. The number of hydrogen-bond donors (Lipinski definition) is 1. The number of carbonyl (C=O) groups is 2. The number of piperidine rings is 1. The van der Waals surface area contributed by atoms with Gasteiger partial charge < -0.3 is 15.4 Å². The summed E-state index contributed by atoms with van der Waals surface area (Å²) in [6.45, 7) is 1.39. The van der Waals surface area contributed by atoms with E-state index in [0.717, 1.165) is 31.5 Å². The van der Waals surface area contributed by atoms with Gasteiger partial charge in [-0.15, -0.1) is 0 Å². The molecule has 1 aliphatic heterocycles. The second kappa shape index (κ2) is 6.93. The first kappa shape index (κ1) is 14.4. The van der Waals surface area contributed by atoms with E-state index in [2.05, 4.69) is 0 Å². The molecule has 0 unspecified atom stereocenters. The Labute approximate surface area is 118 Å². The Morgan fingerprint density at radius 3 is 2.40 bits per heavy atom. The minimum atomic E-state index is -0.389. The molecule has 0 radical (unpaired) electrons. The van der Waals surface area contributed by atoms with Crippen molar-refractivity contribution in [3.05, 3.63) is 29.8 Å². The Kier molecular flexibility index (Phi) is 4.98. The Morgan fingerprint density at radius 1 is 1.10 bits per heavy atom. The smallest absolute Gasteiger partial charge is 0.310 e. The van der Waals surface area contributed by atoms with Gasteiger partial charge in [0.2, 0.25) is 0 Å². The molecule has 1 aliphatic rings. The zero-order valence-corrected chi connectivity index (χ0v) is 11.5. The predicted molar refractivity (Wildman–Crippen MR) is 75.9 cm³/mol. The second-order valence-electron chi connectivity index (χ2n) is 5.02. The third kappa shape index (κ3) is 4.26. The average Bonchev–Trinajstić information content (AvgIpc) is 2.48. The summed E-state index contributed by atoms with van der Waals surface area (Å²) in [7, 11) is 0. The van der Waals surface area contributed by atoms with Crippen molar-refractivity contribution < 1.29 is 14.3 Å². The molecule has 5 nitrogen and oxygen atoms in total. The van der Waals surface area contributed by atoms with E-state index in [9.17, 15) is 9.59 Å². The Balaban J connectivity index is 1.74. The van der Waals surface area contributed by atoms with Gasteiger partial charge in [-0.05, 0) is 37.0 Å². The molecule has 1 heterocycles. The maximum atomic E-state index is 11.8. The topological polar surface area (TPSA) is 72.6 Å². The van der Waals surface area contributed by atoms with Crippen molar-refractivity contribution in [2.75, 3.05) is 25.4 Å². The van der Waals surface area contributed by atoms with E-state index in [-0.39, 0.29) is 24.9 Å². The van der Waals surface area contributed by atoms with E-state index in [1.165, 1.54) is 6.42 Å². The van der Waals surface area contributed by atoms with E-state index >= 15 is 0 Å². The third-order valence-electron chi connectivity index (χ3n) is 3.39. The number of anilines is 1. The lowest BCUT2D eigenvalue weighted by atomic mass is 10.1. The summed E-state index contributed by atoms with van der Waals surface area (Å²) in [6.07, 6.45) is 3.39. The third-order valence-corrected chi connectivity index (χ3v) is 3.39. The first-order chi connectivity index (χ1) is 9.65. The minimum Gasteiger partial charge on any atom is -0.455 e. The highest BCUT2D eigenvalue weighted by Crippen LogP contribution is 2.09. The molecule has 0 atom stereocenters. The van der Waals surface area contributed by atoms with E-state index in [0.29, 0.717) is 5.69 Å². The van der Waals surface area contributed by atoms with Gasteiger partial charge in [0.25, 0.3) is 5.91 Å². The zero-order valence-electron chi connectivity index (χ0n) is 11.5. The fourth-order valence-electron chi connectivity index (χ4n) is 2.23. The summed E-state index contributed by atoms with van der Waals surface area (Å²) in [6, 6.07) is 7.04. The molecule has 5 heteroatoms. The van der Waals surface area contributed by atoms with Gasteiger partial charge >= 0.3 is 5.97 Å². The number of hydrogen-bond acceptors (Lipinski definition) is 4. The number of ether oxygens (including phenoxy) is 1. The lowest BCUT2D eigenvalue weighted by Gasteiger charge is -2.26. The monoisotopic (exact) mass is 276 g/mol. The number of amides is 1. The minimum absolute atomic E-state index is 0.102. The van der Waals surface area contributed by atoms with Crippen molar-refractivity contribution >= 4 is 17.6 Å². The first-order valence-electron chi connectivity index (χ1n) is 6.93. The Bertz CT molecular complexity index is 465. The fourth-order valence-corrected chi connectivity index (χ4v) is 2.23. The number of esters is 1. The lowest BCUT2D eigenvalue weighted by molar-refractivity contribution is -0.151. The number of carbonyl (C=O) groups excluding carboxylic acids is 2. The second-order valence-corrected chi connectivity index (χ2v) is 5.02. The number of nitrogen functional groups attached to an aromatic ring is 1. The van der Waals surface area contributed by atoms with E-state index < -0.39 is 0 Å². The lowest BCUT2D eigenvalue weighted by Crippen LogP contribution is -2.38. The van der Waals surface area contributed by atoms with Crippen LogP contribution in [0.3, 0.4) is 0 Å². The molecule has 1 amide bonds. The van der Waals surface area contributed by atoms with Crippen molar-refractivity contribution in [1.29, 1.82) is 0 Å². The zero-order chi connectivity index (χ0) is 14.4.